The van der Waals surface area contributed by atoms with Gasteiger partial charge >= 0.3 is 0 Å². The molecule has 0 spiro atoms. The Morgan fingerprint density at radius 2 is 2.24 bits per heavy atom. The van der Waals surface area contributed by atoms with E-state index in [9.17, 15) is 0 Å². The molecule has 92 valence electrons. The number of fused-ring (bicyclic) bond motifs is 1. The molecule has 0 aromatic carbocycles. The van der Waals surface area contributed by atoms with Crippen LogP contribution in [0.4, 0.5) is 5.82 Å². The minimum absolute atomic E-state index is 0.416. The number of imidazole rings is 1. The molecular formula is C13H18BrN3. The number of nitrogens with zero attached hydrogens (tertiary/aromatic N) is 2. The lowest BCUT2D eigenvalue weighted by Crippen LogP contribution is -2.00. The Kier molecular flexibility index (Phi) is 3.43. The average molecular weight is 296 g/mol. The molecule has 0 amide bonds. The summed E-state index contributed by atoms with van der Waals surface area (Å²) in [6.07, 6.45) is 4.26. The van der Waals surface area contributed by atoms with Gasteiger partial charge in [-0.2, -0.15) is 0 Å². The molecule has 0 aliphatic heterocycles. The first-order chi connectivity index (χ1) is 8.04. The van der Waals surface area contributed by atoms with E-state index >= 15 is 0 Å². The van der Waals surface area contributed by atoms with Crippen molar-refractivity contribution in [2.24, 2.45) is 0 Å². The van der Waals surface area contributed by atoms with Crippen molar-refractivity contribution in [3.8, 4) is 0 Å². The SMILES string of the molecule is CCCC(C)c1nc2cc(C)c(Br)cn2c1N. The maximum Gasteiger partial charge on any atom is 0.139 e. The maximum absolute atomic E-state index is 6.17. The van der Waals surface area contributed by atoms with Crippen LogP contribution in [0, 0.1) is 6.92 Å². The normalized spacial score (nSPS) is 13.2. The summed E-state index contributed by atoms with van der Waals surface area (Å²) in [4.78, 5) is 4.65. The van der Waals surface area contributed by atoms with Crippen LogP contribution in [0.15, 0.2) is 16.7 Å². The van der Waals surface area contributed by atoms with Gasteiger partial charge in [-0.3, -0.25) is 4.40 Å². The van der Waals surface area contributed by atoms with E-state index in [1.165, 1.54) is 5.56 Å². The van der Waals surface area contributed by atoms with Crippen LogP contribution in [-0.2, 0) is 0 Å². The van der Waals surface area contributed by atoms with E-state index in [-0.39, 0.29) is 0 Å². The number of hydrogen-bond donors (Lipinski definition) is 1. The van der Waals surface area contributed by atoms with Crippen LogP contribution in [0.5, 0.6) is 0 Å². The molecule has 0 aliphatic carbocycles. The summed E-state index contributed by atoms with van der Waals surface area (Å²) in [6, 6.07) is 2.06. The van der Waals surface area contributed by atoms with Crippen molar-refractivity contribution in [2.75, 3.05) is 5.73 Å². The van der Waals surface area contributed by atoms with Crippen molar-refractivity contribution < 1.29 is 0 Å². The first-order valence-electron chi connectivity index (χ1n) is 5.98. The number of anilines is 1. The van der Waals surface area contributed by atoms with E-state index in [2.05, 4.69) is 47.8 Å². The molecule has 4 heteroatoms. The standard InChI is InChI=1S/C13H18BrN3/c1-4-5-8(2)12-13(15)17-7-10(14)9(3)6-11(17)16-12/h6-8H,4-5,15H2,1-3H3. The van der Waals surface area contributed by atoms with Gasteiger partial charge in [-0.15, -0.1) is 0 Å². The second kappa shape index (κ2) is 4.69. The number of aryl methyl sites for hydroxylation is 1. The van der Waals surface area contributed by atoms with E-state index in [1.54, 1.807) is 0 Å². The lowest BCUT2D eigenvalue weighted by Gasteiger charge is -2.07. The number of hydrogen-bond acceptors (Lipinski definition) is 2. The van der Waals surface area contributed by atoms with Crippen molar-refractivity contribution in [1.29, 1.82) is 0 Å². The van der Waals surface area contributed by atoms with Crippen molar-refractivity contribution in [3.05, 3.63) is 28.0 Å². The fraction of sp³-hybridized carbons (Fsp3) is 0.462. The summed E-state index contributed by atoms with van der Waals surface area (Å²) < 4.78 is 3.02. The zero-order chi connectivity index (χ0) is 12.6. The molecule has 2 aromatic heterocycles. The van der Waals surface area contributed by atoms with Crippen LogP contribution < -0.4 is 5.73 Å². The molecule has 2 heterocycles. The van der Waals surface area contributed by atoms with E-state index in [0.29, 0.717) is 5.92 Å². The average Bonchev–Trinajstić information content (AvgIpc) is 2.58. The maximum atomic E-state index is 6.17. The Bertz CT molecular complexity index is 545. The molecule has 0 fully saturated rings. The number of aromatic nitrogens is 2. The Labute approximate surface area is 110 Å². The molecule has 1 unspecified atom stereocenters. The van der Waals surface area contributed by atoms with Crippen molar-refractivity contribution in [2.45, 2.75) is 39.5 Å². The summed E-state index contributed by atoms with van der Waals surface area (Å²) in [6.45, 7) is 6.43. The third-order valence-corrected chi connectivity index (χ3v) is 3.99. The van der Waals surface area contributed by atoms with Gasteiger partial charge in [-0.25, -0.2) is 4.98 Å². The largest absolute Gasteiger partial charge is 0.383 e. The molecule has 3 nitrogen and oxygen atoms in total. The Morgan fingerprint density at radius 3 is 2.88 bits per heavy atom. The number of pyridine rings is 1. The molecule has 1 atom stereocenters. The predicted molar refractivity (Wildman–Crippen MR) is 75.4 cm³/mol. The number of halogens is 1. The monoisotopic (exact) mass is 295 g/mol. The molecule has 17 heavy (non-hydrogen) atoms. The van der Waals surface area contributed by atoms with Gasteiger partial charge in [0.2, 0.25) is 0 Å². The summed E-state index contributed by atoms with van der Waals surface area (Å²) >= 11 is 3.52. The van der Waals surface area contributed by atoms with Gasteiger partial charge < -0.3 is 5.73 Å². The van der Waals surface area contributed by atoms with E-state index in [4.69, 9.17) is 5.73 Å². The fourth-order valence-electron chi connectivity index (χ4n) is 2.13. The molecule has 0 bridgehead atoms. The van der Waals surface area contributed by atoms with Gasteiger partial charge in [-0.1, -0.05) is 20.3 Å². The molecule has 2 N–H and O–H groups in total. The molecular weight excluding hydrogens is 278 g/mol. The predicted octanol–water partition coefficient (Wildman–Crippen LogP) is 3.89. The summed E-state index contributed by atoms with van der Waals surface area (Å²) in [5.41, 5.74) is 9.30. The minimum atomic E-state index is 0.416. The Morgan fingerprint density at radius 1 is 1.53 bits per heavy atom. The molecule has 2 aromatic rings. The van der Waals surface area contributed by atoms with E-state index in [0.717, 1.165) is 34.5 Å². The highest BCUT2D eigenvalue weighted by Crippen LogP contribution is 2.28. The van der Waals surface area contributed by atoms with Crippen LogP contribution in [0.3, 0.4) is 0 Å². The first-order valence-corrected chi connectivity index (χ1v) is 6.77. The number of nitrogens with two attached hydrogens (primary N) is 1. The first kappa shape index (κ1) is 12.4. The number of nitrogen functional groups attached to an aromatic ring is 1. The van der Waals surface area contributed by atoms with E-state index < -0.39 is 0 Å². The Balaban J connectivity index is 2.56. The molecule has 0 aliphatic rings. The third-order valence-electron chi connectivity index (χ3n) is 3.16. The zero-order valence-electron chi connectivity index (χ0n) is 10.5. The number of rotatable bonds is 3. The smallest absolute Gasteiger partial charge is 0.139 e. The van der Waals surface area contributed by atoms with Gasteiger partial charge in [0, 0.05) is 16.6 Å². The third kappa shape index (κ3) is 2.18. The van der Waals surface area contributed by atoms with E-state index in [1.807, 2.05) is 10.6 Å². The zero-order valence-corrected chi connectivity index (χ0v) is 12.1. The second-order valence-electron chi connectivity index (χ2n) is 4.60. The topological polar surface area (TPSA) is 43.3 Å². The summed E-state index contributed by atoms with van der Waals surface area (Å²) in [5.74, 6) is 1.18. The quantitative estimate of drug-likeness (QED) is 0.933. The Hall–Kier alpha value is -1.03. The minimum Gasteiger partial charge on any atom is -0.383 e. The van der Waals surface area contributed by atoms with Crippen LogP contribution in [0.25, 0.3) is 5.65 Å². The van der Waals surface area contributed by atoms with Crippen LogP contribution in [0.2, 0.25) is 0 Å². The van der Waals surface area contributed by atoms with Crippen molar-refractivity contribution in [3.63, 3.8) is 0 Å². The van der Waals surface area contributed by atoms with Crippen molar-refractivity contribution >= 4 is 27.4 Å². The van der Waals surface area contributed by atoms with Gasteiger partial charge in [0.05, 0.1) is 5.69 Å². The highest BCUT2D eigenvalue weighted by atomic mass is 79.9. The van der Waals surface area contributed by atoms with Gasteiger partial charge in [0.15, 0.2) is 0 Å². The van der Waals surface area contributed by atoms with Gasteiger partial charge in [0.25, 0.3) is 0 Å². The lowest BCUT2D eigenvalue weighted by molar-refractivity contribution is 0.653. The highest BCUT2D eigenvalue weighted by molar-refractivity contribution is 9.10. The molecule has 0 saturated carbocycles. The summed E-state index contributed by atoms with van der Waals surface area (Å²) in [5, 5.41) is 0. The fourth-order valence-corrected chi connectivity index (χ4v) is 2.45. The second-order valence-corrected chi connectivity index (χ2v) is 5.46. The van der Waals surface area contributed by atoms with Crippen LogP contribution >= 0.6 is 15.9 Å². The van der Waals surface area contributed by atoms with Gasteiger partial charge in [-0.05, 0) is 40.9 Å². The van der Waals surface area contributed by atoms with Crippen LogP contribution in [0.1, 0.15) is 43.9 Å². The van der Waals surface area contributed by atoms with Crippen molar-refractivity contribution in [1.82, 2.24) is 9.38 Å². The molecule has 0 saturated heterocycles. The highest BCUT2D eigenvalue weighted by Gasteiger charge is 2.15. The van der Waals surface area contributed by atoms with Crippen LogP contribution in [-0.4, -0.2) is 9.38 Å². The van der Waals surface area contributed by atoms with Gasteiger partial charge in [0.1, 0.15) is 11.5 Å². The molecule has 0 radical (unpaired) electrons. The molecule has 2 rings (SSSR count). The summed E-state index contributed by atoms with van der Waals surface area (Å²) in [7, 11) is 0. The lowest BCUT2D eigenvalue weighted by atomic mass is 10.0.